The van der Waals surface area contributed by atoms with Crippen molar-refractivity contribution in [1.82, 2.24) is 10.6 Å². The zero-order valence-corrected chi connectivity index (χ0v) is 14.7. The summed E-state index contributed by atoms with van der Waals surface area (Å²) in [5.41, 5.74) is 0.129. The molecule has 0 aliphatic carbocycles. The molecule has 0 spiro atoms. The molecule has 8 nitrogen and oxygen atoms in total. The fourth-order valence-corrected chi connectivity index (χ4v) is 1.69. The number of carbonyl (C=O) groups excluding carboxylic acids is 3. The summed E-state index contributed by atoms with van der Waals surface area (Å²) < 4.78 is 0. The molecule has 1 aromatic carbocycles. The van der Waals surface area contributed by atoms with Crippen LogP contribution in [0.2, 0.25) is 0 Å². The third-order valence-electron chi connectivity index (χ3n) is 3.24. The predicted molar refractivity (Wildman–Crippen MR) is 92.1 cm³/mol. The highest BCUT2D eigenvalue weighted by Gasteiger charge is 2.25. The van der Waals surface area contributed by atoms with Crippen molar-refractivity contribution in [2.24, 2.45) is 5.41 Å². The van der Waals surface area contributed by atoms with Crippen LogP contribution in [-0.2, 0) is 14.4 Å². The molecule has 0 heterocycles. The number of hydrogen-bond acceptors (Lipinski definition) is 4. The molecule has 0 fully saturated rings. The van der Waals surface area contributed by atoms with Gasteiger partial charge in [-0.3, -0.25) is 19.2 Å². The van der Waals surface area contributed by atoms with Crippen LogP contribution in [0.5, 0.6) is 0 Å². The molecule has 0 bridgehead atoms. The lowest BCUT2D eigenvalue weighted by Crippen LogP contribution is -2.46. The molecule has 8 heteroatoms. The van der Waals surface area contributed by atoms with Gasteiger partial charge in [-0.15, -0.1) is 0 Å². The minimum absolute atomic E-state index is 0.236. The van der Waals surface area contributed by atoms with E-state index in [9.17, 15) is 19.2 Å². The third-order valence-corrected chi connectivity index (χ3v) is 3.24. The van der Waals surface area contributed by atoms with Gasteiger partial charge in [0.1, 0.15) is 12.6 Å². The van der Waals surface area contributed by atoms with Crippen LogP contribution in [0.1, 0.15) is 38.1 Å². The van der Waals surface area contributed by atoms with Crippen LogP contribution in [0.4, 0.5) is 5.69 Å². The highest BCUT2D eigenvalue weighted by atomic mass is 16.4. The van der Waals surface area contributed by atoms with Crippen molar-refractivity contribution in [2.75, 3.05) is 11.9 Å². The molecule has 0 aromatic heterocycles. The van der Waals surface area contributed by atoms with Crippen LogP contribution in [0.3, 0.4) is 0 Å². The van der Waals surface area contributed by atoms with Crippen LogP contribution in [0, 0.1) is 5.41 Å². The maximum atomic E-state index is 12.1. The van der Waals surface area contributed by atoms with E-state index in [1.54, 1.807) is 27.7 Å². The van der Waals surface area contributed by atoms with Crippen LogP contribution in [0.15, 0.2) is 24.3 Å². The Labute approximate surface area is 146 Å². The minimum atomic E-state index is -1.14. The first-order chi connectivity index (χ1) is 11.5. The summed E-state index contributed by atoms with van der Waals surface area (Å²) in [5.74, 6) is -2.28. The lowest BCUT2D eigenvalue weighted by Gasteiger charge is -2.21. The molecule has 4 N–H and O–H groups in total. The average Bonchev–Trinajstić information content (AvgIpc) is 2.52. The number of hydrogen-bond donors (Lipinski definition) is 4. The Morgan fingerprint density at radius 2 is 1.64 bits per heavy atom. The molecule has 1 aromatic rings. The van der Waals surface area contributed by atoms with Crippen molar-refractivity contribution < 1.29 is 24.3 Å². The van der Waals surface area contributed by atoms with Gasteiger partial charge in [0.15, 0.2) is 0 Å². The summed E-state index contributed by atoms with van der Waals surface area (Å²) in [6, 6.07) is 5.25. The van der Waals surface area contributed by atoms with E-state index in [0.717, 1.165) is 0 Å². The number of aliphatic carboxylic acids is 1. The number of benzene rings is 1. The number of nitrogens with one attached hydrogen (secondary N) is 3. The van der Waals surface area contributed by atoms with Crippen LogP contribution in [-0.4, -0.2) is 41.4 Å². The summed E-state index contributed by atoms with van der Waals surface area (Å²) in [4.78, 5) is 46.1. The van der Waals surface area contributed by atoms with Gasteiger partial charge in [-0.1, -0.05) is 20.8 Å². The Kier molecular flexibility index (Phi) is 6.67. The summed E-state index contributed by atoms with van der Waals surface area (Å²) in [6.07, 6.45) is 0. The van der Waals surface area contributed by atoms with E-state index in [4.69, 9.17) is 5.11 Å². The van der Waals surface area contributed by atoms with Crippen molar-refractivity contribution >= 4 is 29.4 Å². The second-order valence-corrected chi connectivity index (χ2v) is 6.59. The Morgan fingerprint density at radius 1 is 1.08 bits per heavy atom. The monoisotopic (exact) mass is 349 g/mol. The van der Waals surface area contributed by atoms with Crippen molar-refractivity contribution in [3.05, 3.63) is 29.8 Å². The van der Waals surface area contributed by atoms with Crippen molar-refractivity contribution in [2.45, 2.75) is 33.7 Å². The number of carbonyl (C=O) groups is 4. The topological polar surface area (TPSA) is 125 Å². The van der Waals surface area contributed by atoms with Gasteiger partial charge in [0.05, 0.1) is 0 Å². The molecule has 3 amide bonds. The highest BCUT2D eigenvalue weighted by molar-refractivity contribution is 5.99. The van der Waals surface area contributed by atoms with Gasteiger partial charge < -0.3 is 21.1 Å². The molecular formula is C17H23N3O5. The number of carboxylic acids is 1. The lowest BCUT2D eigenvalue weighted by atomic mass is 9.95. The third kappa shape index (κ3) is 6.62. The van der Waals surface area contributed by atoms with E-state index < -0.39 is 29.9 Å². The molecule has 1 rings (SSSR count). The summed E-state index contributed by atoms with van der Waals surface area (Å²) in [7, 11) is 0. The first kappa shape index (κ1) is 20.1. The molecule has 1 atom stereocenters. The van der Waals surface area contributed by atoms with E-state index in [0.29, 0.717) is 5.69 Å². The maximum Gasteiger partial charge on any atom is 0.322 e. The molecule has 0 saturated heterocycles. The number of amides is 3. The fourth-order valence-electron chi connectivity index (χ4n) is 1.69. The van der Waals surface area contributed by atoms with Crippen LogP contribution < -0.4 is 16.0 Å². The predicted octanol–water partition coefficient (Wildman–Crippen LogP) is 0.990. The van der Waals surface area contributed by atoms with Gasteiger partial charge in [0, 0.05) is 16.7 Å². The van der Waals surface area contributed by atoms with E-state index in [1.165, 1.54) is 24.3 Å². The van der Waals surface area contributed by atoms with E-state index >= 15 is 0 Å². The van der Waals surface area contributed by atoms with Gasteiger partial charge >= 0.3 is 5.97 Å². The number of rotatable bonds is 6. The van der Waals surface area contributed by atoms with Gasteiger partial charge in [-0.05, 0) is 31.2 Å². The van der Waals surface area contributed by atoms with Crippen LogP contribution >= 0.6 is 0 Å². The second kappa shape index (κ2) is 8.27. The van der Waals surface area contributed by atoms with E-state index in [1.807, 2.05) is 0 Å². The second-order valence-electron chi connectivity index (χ2n) is 6.59. The number of carboxylic acid groups (broad SMARTS) is 1. The molecule has 0 aliphatic heterocycles. The van der Waals surface area contributed by atoms with E-state index in [2.05, 4.69) is 16.0 Å². The normalized spacial score (nSPS) is 12.0. The summed E-state index contributed by atoms with van der Waals surface area (Å²) in [5, 5.41) is 16.0. The smallest absolute Gasteiger partial charge is 0.322 e. The summed E-state index contributed by atoms with van der Waals surface area (Å²) >= 11 is 0. The first-order valence-corrected chi connectivity index (χ1v) is 7.72. The maximum absolute atomic E-state index is 12.1. The molecule has 0 aliphatic rings. The summed E-state index contributed by atoms with van der Waals surface area (Å²) in [6.45, 7) is 6.36. The molecular weight excluding hydrogens is 326 g/mol. The first-order valence-electron chi connectivity index (χ1n) is 7.72. The zero-order chi connectivity index (χ0) is 19.2. The zero-order valence-electron chi connectivity index (χ0n) is 14.7. The van der Waals surface area contributed by atoms with Gasteiger partial charge in [-0.25, -0.2) is 0 Å². The Morgan fingerprint density at radius 3 is 2.12 bits per heavy atom. The fraction of sp³-hybridized carbons (Fsp3) is 0.412. The Hall–Kier alpha value is -2.90. The molecule has 0 saturated carbocycles. The number of anilines is 1. The van der Waals surface area contributed by atoms with Crippen molar-refractivity contribution in [3.8, 4) is 0 Å². The van der Waals surface area contributed by atoms with Crippen molar-refractivity contribution in [3.63, 3.8) is 0 Å². The lowest BCUT2D eigenvalue weighted by molar-refractivity contribution is -0.135. The standard InChI is InChI=1S/C17H23N3O5/c1-10(19-16(25)17(2,3)4)14(23)20-12-7-5-11(6-8-12)15(24)18-9-13(21)22/h5-8,10H,9H2,1-4H3,(H,18,24)(H,19,25)(H,20,23)(H,21,22). The molecule has 25 heavy (non-hydrogen) atoms. The highest BCUT2D eigenvalue weighted by Crippen LogP contribution is 2.14. The molecule has 0 radical (unpaired) electrons. The Bertz CT molecular complexity index is 662. The molecule has 136 valence electrons. The van der Waals surface area contributed by atoms with E-state index in [-0.39, 0.29) is 17.4 Å². The SMILES string of the molecule is CC(NC(=O)C(C)(C)C)C(=O)Nc1ccc(C(=O)NCC(=O)O)cc1. The minimum Gasteiger partial charge on any atom is -0.480 e. The van der Waals surface area contributed by atoms with Gasteiger partial charge in [-0.2, -0.15) is 0 Å². The Balaban J connectivity index is 2.62. The van der Waals surface area contributed by atoms with Crippen LogP contribution in [0.25, 0.3) is 0 Å². The van der Waals surface area contributed by atoms with Gasteiger partial charge in [0.2, 0.25) is 11.8 Å². The van der Waals surface area contributed by atoms with Crippen molar-refractivity contribution in [1.29, 1.82) is 0 Å². The van der Waals surface area contributed by atoms with Gasteiger partial charge in [0.25, 0.3) is 5.91 Å². The average molecular weight is 349 g/mol. The molecule has 1 unspecified atom stereocenters. The largest absolute Gasteiger partial charge is 0.480 e. The quantitative estimate of drug-likeness (QED) is 0.609.